The molecule has 214 valence electrons. The Kier molecular flexibility index (Phi) is 10.8. The number of ether oxygens (including phenoxy) is 3. The summed E-state index contributed by atoms with van der Waals surface area (Å²) < 4.78 is 32.1. The average Bonchev–Trinajstić information content (AvgIpc) is 2.86. The van der Waals surface area contributed by atoms with Crippen LogP contribution in [0, 0.1) is 5.82 Å². The Morgan fingerprint density at radius 2 is 1.87 bits per heavy atom. The van der Waals surface area contributed by atoms with Gasteiger partial charge in [-0.1, -0.05) is 18.2 Å². The molecular formula is C30H40BrFN2O5. The standard InChI is InChI=1S/C30H40BrFN2O5/c1-20(2)34(21-11-9-14-33(19-21)29(36)39-30(3,4)5)28(35)24-18-27(38-16-10-15-37-6)23(17-25(24)31)22-12-7-8-13-26(22)32/h7-8,12-13,17-18,20-21H,9-11,14-16,19H2,1-6H3/t21-/m1/s1. The fourth-order valence-corrected chi connectivity index (χ4v) is 5.26. The van der Waals surface area contributed by atoms with Gasteiger partial charge >= 0.3 is 6.09 Å². The molecule has 1 aliphatic rings. The van der Waals surface area contributed by atoms with Crippen molar-refractivity contribution >= 4 is 27.9 Å². The Balaban J connectivity index is 1.94. The van der Waals surface area contributed by atoms with E-state index in [2.05, 4.69) is 15.9 Å². The van der Waals surface area contributed by atoms with E-state index in [1.165, 1.54) is 6.07 Å². The summed E-state index contributed by atoms with van der Waals surface area (Å²) in [6.07, 6.45) is 1.81. The number of piperidine rings is 1. The number of hydrogen-bond donors (Lipinski definition) is 0. The lowest BCUT2D eigenvalue weighted by atomic mass is 9.99. The highest BCUT2D eigenvalue weighted by Gasteiger charge is 2.35. The van der Waals surface area contributed by atoms with Crippen molar-refractivity contribution in [2.75, 3.05) is 33.4 Å². The molecular weight excluding hydrogens is 567 g/mol. The van der Waals surface area contributed by atoms with Crippen LogP contribution in [0.2, 0.25) is 0 Å². The molecule has 0 radical (unpaired) electrons. The smallest absolute Gasteiger partial charge is 0.410 e. The van der Waals surface area contributed by atoms with Crippen LogP contribution in [-0.2, 0) is 9.47 Å². The third-order valence-electron chi connectivity index (χ3n) is 6.45. The fraction of sp³-hybridized carbons (Fsp3) is 0.533. The maximum absolute atomic E-state index is 14.8. The summed E-state index contributed by atoms with van der Waals surface area (Å²) in [5, 5.41) is 0. The Labute approximate surface area is 239 Å². The van der Waals surface area contributed by atoms with Crippen molar-refractivity contribution in [2.24, 2.45) is 0 Å². The van der Waals surface area contributed by atoms with E-state index in [1.54, 1.807) is 42.3 Å². The highest BCUT2D eigenvalue weighted by atomic mass is 79.9. The number of rotatable bonds is 9. The van der Waals surface area contributed by atoms with Crippen LogP contribution >= 0.6 is 15.9 Å². The van der Waals surface area contributed by atoms with Gasteiger partial charge in [0.05, 0.1) is 18.2 Å². The Bertz CT molecular complexity index is 1150. The van der Waals surface area contributed by atoms with E-state index in [4.69, 9.17) is 14.2 Å². The maximum atomic E-state index is 14.8. The van der Waals surface area contributed by atoms with Crippen molar-refractivity contribution in [3.05, 3.63) is 52.3 Å². The minimum atomic E-state index is -0.595. The van der Waals surface area contributed by atoms with E-state index in [0.29, 0.717) is 59.6 Å². The number of halogens is 2. The van der Waals surface area contributed by atoms with Crippen LogP contribution in [0.3, 0.4) is 0 Å². The SMILES string of the molecule is COCCCOc1cc(C(=O)N(C(C)C)[C@@H]2CCCN(C(=O)OC(C)(C)C)C2)c(Br)cc1-c1ccccc1F. The summed E-state index contributed by atoms with van der Waals surface area (Å²) in [5.41, 5.74) is 0.765. The third kappa shape index (κ3) is 8.18. The molecule has 0 saturated carbocycles. The van der Waals surface area contributed by atoms with Gasteiger partial charge in [-0.3, -0.25) is 4.79 Å². The van der Waals surface area contributed by atoms with Gasteiger partial charge in [0, 0.05) is 54.9 Å². The lowest BCUT2D eigenvalue weighted by Gasteiger charge is -2.41. The van der Waals surface area contributed by atoms with Crippen molar-refractivity contribution in [3.63, 3.8) is 0 Å². The molecule has 1 saturated heterocycles. The molecule has 0 aliphatic carbocycles. The zero-order valence-corrected chi connectivity index (χ0v) is 25.3. The summed E-state index contributed by atoms with van der Waals surface area (Å²) in [6, 6.07) is 9.61. The average molecular weight is 608 g/mol. The van der Waals surface area contributed by atoms with Crippen molar-refractivity contribution in [1.29, 1.82) is 0 Å². The highest BCUT2D eigenvalue weighted by Crippen LogP contribution is 2.38. The van der Waals surface area contributed by atoms with E-state index in [-0.39, 0.29) is 29.9 Å². The molecule has 7 nitrogen and oxygen atoms in total. The maximum Gasteiger partial charge on any atom is 0.410 e. The summed E-state index contributed by atoms with van der Waals surface area (Å²) >= 11 is 3.58. The summed E-state index contributed by atoms with van der Waals surface area (Å²) in [6.45, 7) is 11.3. The molecule has 2 aromatic rings. The molecule has 0 spiro atoms. The van der Waals surface area contributed by atoms with Crippen LogP contribution in [0.4, 0.5) is 9.18 Å². The van der Waals surface area contributed by atoms with Gasteiger partial charge in [0.2, 0.25) is 0 Å². The van der Waals surface area contributed by atoms with E-state index in [9.17, 15) is 14.0 Å². The molecule has 2 amide bonds. The molecule has 39 heavy (non-hydrogen) atoms. The van der Waals surface area contributed by atoms with E-state index in [0.717, 1.165) is 12.8 Å². The molecule has 0 unspecified atom stereocenters. The van der Waals surface area contributed by atoms with Gasteiger partial charge in [-0.05, 0) is 81.6 Å². The van der Waals surface area contributed by atoms with Crippen LogP contribution in [0.5, 0.6) is 5.75 Å². The monoisotopic (exact) mass is 606 g/mol. The first-order valence-corrected chi connectivity index (χ1v) is 14.2. The molecule has 2 aromatic carbocycles. The highest BCUT2D eigenvalue weighted by molar-refractivity contribution is 9.10. The van der Waals surface area contributed by atoms with Crippen LogP contribution in [-0.4, -0.2) is 72.9 Å². The van der Waals surface area contributed by atoms with Crippen molar-refractivity contribution in [2.45, 2.75) is 71.6 Å². The third-order valence-corrected chi connectivity index (χ3v) is 7.10. The van der Waals surface area contributed by atoms with Gasteiger partial charge in [-0.15, -0.1) is 0 Å². The quantitative estimate of drug-likeness (QED) is 0.290. The number of nitrogens with zero attached hydrogens (tertiary/aromatic N) is 2. The number of carbonyl (C=O) groups excluding carboxylic acids is 2. The molecule has 0 aromatic heterocycles. The predicted molar refractivity (Wildman–Crippen MR) is 154 cm³/mol. The number of amides is 2. The lowest BCUT2D eigenvalue weighted by molar-refractivity contribution is 0.00750. The normalized spacial score (nSPS) is 15.8. The minimum absolute atomic E-state index is 0.120. The van der Waals surface area contributed by atoms with E-state index >= 15 is 0 Å². The summed E-state index contributed by atoms with van der Waals surface area (Å²) in [5.74, 6) is -0.140. The Hall–Kier alpha value is -2.65. The predicted octanol–water partition coefficient (Wildman–Crippen LogP) is 6.92. The topological polar surface area (TPSA) is 68.3 Å². The number of benzene rings is 2. The van der Waals surface area contributed by atoms with Crippen LogP contribution < -0.4 is 4.74 Å². The van der Waals surface area contributed by atoms with Crippen molar-refractivity contribution in [1.82, 2.24) is 9.80 Å². The van der Waals surface area contributed by atoms with Gasteiger partial charge < -0.3 is 24.0 Å². The van der Waals surface area contributed by atoms with Crippen LogP contribution in [0.1, 0.15) is 64.2 Å². The first-order chi connectivity index (χ1) is 18.4. The largest absolute Gasteiger partial charge is 0.493 e. The zero-order chi connectivity index (χ0) is 28.7. The molecule has 3 rings (SSSR count). The van der Waals surface area contributed by atoms with Gasteiger partial charge in [0.1, 0.15) is 17.2 Å². The number of likely N-dealkylation sites (tertiary alicyclic amines) is 1. The second-order valence-electron chi connectivity index (χ2n) is 11.0. The van der Waals surface area contributed by atoms with Crippen LogP contribution in [0.25, 0.3) is 11.1 Å². The lowest BCUT2D eigenvalue weighted by Crippen LogP contribution is -2.54. The van der Waals surface area contributed by atoms with Crippen molar-refractivity contribution < 1.29 is 28.2 Å². The molecule has 1 atom stereocenters. The molecule has 1 heterocycles. The minimum Gasteiger partial charge on any atom is -0.493 e. The first-order valence-electron chi connectivity index (χ1n) is 13.4. The summed E-state index contributed by atoms with van der Waals surface area (Å²) in [4.78, 5) is 30.4. The first kappa shape index (κ1) is 30.9. The van der Waals surface area contributed by atoms with Gasteiger partial charge in [0.25, 0.3) is 5.91 Å². The van der Waals surface area contributed by atoms with Crippen LogP contribution in [0.15, 0.2) is 40.9 Å². The molecule has 1 aliphatic heterocycles. The van der Waals surface area contributed by atoms with Gasteiger partial charge in [-0.25, -0.2) is 9.18 Å². The Morgan fingerprint density at radius 3 is 2.51 bits per heavy atom. The number of hydrogen-bond acceptors (Lipinski definition) is 5. The van der Waals surface area contributed by atoms with E-state index < -0.39 is 5.60 Å². The van der Waals surface area contributed by atoms with E-state index in [1.807, 2.05) is 39.5 Å². The molecule has 0 bridgehead atoms. The van der Waals surface area contributed by atoms with Gasteiger partial charge in [0.15, 0.2) is 0 Å². The zero-order valence-electron chi connectivity index (χ0n) is 23.8. The summed E-state index contributed by atoms with van der Waals surface area (Å²) in [7, 11) is 1.62. The Morgan fingerprint density at radius 1 is 1.15 bits per heavy atom. The number of carbonyl (C=O) groups is 2. The molecule has 1 fully saturated rings. The van der Waals surface area contributed by atoms with Crippen molar-refractivity contribution in [3.8, 4) is 16.9 Å². The second-order valence-corrected chi connectivity index (χ2v) is 11.9. The van der Waals surface area contributed by atoms with Gasteiger partial charge in [-0.2, -0.15) is 0 Å². The number of methoxy groups -OCH3 is 1. The molecule has 0 N–H and O–H groups in total. The fourth-order valence-electron chi connectivity index (χ4n) is 4.75. The molecule has 9 heteroatoms. The second kappa shape index (κ2) is 13.6.